The SMILES string of the molecule is CCN(CC)CCn1cc2c(c1)-c1ccc(Cl)cc1C(c1ccccc1F)=NC2. The van der Waals surface area contributed by atoms with Crippen molar-refractivity contribution in [3.05, 3.63) is 82.4 Å². The molecule has 3 nitrogen and oxygen atoms in total. The summed E-state index contributed by atoms with van der Waals surface area (Å²) in [7, 11) is 0. The lowest BCUT2D eigenvalue weighted by atomic mass is 9.94. The Hall–Kier alpha value is -2.43. The van der Waals surface area contributed by atoms with Crippen LogP contribution in [0.5, 0.6) is 0 Å². The van der Waals surface area contributed by atoms with Gasteiger partial charge in [-0.3, -0.25) is 4.99 Å². The standard InChI is InChI=1S/C24H25ClFN3/c1-3-28(4-2)11-12-29-15-17-14-27-24(20-7-5-6-8-23(20)26)21-13-18(25)9-10-19(21)22(17)16-29/h5-10,13,15-16H,3-4,11-12,14H2,1-2H3. The first kappa shape index (κ1) is 19.9. The zero-order valence-electron chi connectivity index (χ0n) is 16.8. The second-order valence-electron chi connectivity index (χ2n) is 7.30. The summed E-state index contributed by atoms with van der Waals surface area (Å²) in [5, 5.41) is 0.622. The molecular formula is C24H25ClFN3. The van der Waals surface area contributed by atoms with Gasteiger partial charge in [-0.15, -0.1) is 0 Å². The second-order valence-corrected chi connectivity index (χ2v) is 7.73. The molecule has 2 aromatic carbocycles. The Morgan fingerprint density at radius 3 is 2.55 bits per heavy atom. The number of aromatic nitrogens is 1. The number of benzene rings is 2. The van der Waals surface area contributed by atoms with E-state index < -0.39 is 0 Å². The summed E-state index contributed by atoms with van der Waals surface area (Å²) in [6, 6.07) is 12.6. The van der Waals surface area contributed by atoms with Crippen LogP contribution in [-0.4, -0.2) is 34.8 Å². The third-order valence-corrected chi connectivity index (χ3v) is 5.83. The van der Waals surface area contributed by atoms with Gasteiger partial charge in [0, 0.05) is 47.2 Å². The number of fused-ring (bicyclic) bond motifs is 3. The molecule has 1 aliphatic heterocycles. The molecule has 0 atom stereocenters. The molecule has 0 N–H and O–H groups in total. The largest absolute Gasteiger partial charge is 0.352 e. The molecule has 3 aromatic rings. The maximum Gasteiger partial charge on any atom is 0.132 e. The zero-order chi connectivity index (χ0) is 20.4. The van der Waals surface area contributed by atoms with Gasteiger partial charge in [0.05, 0.1) is 12.3 Å². The number of hydrogen-bond donors (Lipinski definition) is 0. The van der Waals surface area contributed by atoms with Crippen LogP contribution in [0.3, 0.4) is 0 Å². The fourth-order valence-corrected chi connectivity index (χ4v) is 4.10. The van der Waals surface area contributed by atoms with Crippen molar-refractivity contribution in [3.8, 4) is 11.1 Å². The van der Waals surface area contributed by atoms with Crippen LogP contribution in [0.15, 0.2) is 59.9 Å². The van der Waals surface area contributed by atoms with E-state index in [2.05, 4.69) is 35.7 Å². The number of hydrogen-bond acceptors (Lipinski definition) is 2. The lowest BCUT2D eigenvalue weighted by Gasteiger charge is -2.18. The molecule has 0 amide bonds. The average molecular weight is 410 g/mol. The quantitative estimate of drug-likeness (QED) is 0.516. The van der Waals surface area contributed by atoms with Gasteiger partial charge in [0.15, 0.2) is 0 Å². The maximum absolute atomic E-state index is 14.5. The smallest absolute Gasteiger partial charge is 0.132 e. The van der Waals surface area contributed by atoms with Crippen LogP contribution in [-0.2, 0) is 13.1 Å². The molecule has 1 aliphatic rings. The molecule has 0 unspecified atom stereocenters. The Morgan fingerprint density at radius 2 is 1.79 bits per heavy atom. The van der Waals surface area contributed by atoms with Crippen LogP contribution in [0.2, 0.25) is 5.02 Å². The minimum atomic E-state index is -0.270. The van der Waals surface area contributed by atoms with Crippen molar-refractivity contribution in [2.45, 2.75) is 26.9 Å². The predicted molar refractivity (Wildman–Crippen MR) is 118 cm³/mol. The van der Waals surface area contributed by atoms with Crippen LogP contribution in [0.1, 0.15) is 30.5 Å². The van der Waals surface area contributed by atoms with E-state index in [-0.39, 0.29) is 5.82 Å². The first-order chi connectivity index (χ1) is 14.1. The van der Waals surface area contributed by atoms with E-state index in [4.69, 9.17) is 16.6 Å². The fraction of sp³-hybridized carbons (Fsp3) is 0.292. The van der Waals surface area contributed by atoms with Crippen molar-refractivity contribution in [2.24, 2.45) is 4.99 Å². The highest BCUT2D eigenvalue weighted by molar-refractivity contribution is 6.31. The molecule has 0 spiro atoms. The maximum atomic E-state index is 14.5. The third-order valence-electron chi connectivity index (χ3n) is 5.59. The van der Waals surface area contributed by atoms with Crippen molar-refractivity contribution in [1.29, 1.82) is 0 Å². The summed E-state index contributed by atoms with van der Waals surface area (Å²) in [5.41, 5.74) is 5.39. The van der Waals surface area contributed by atoms with Crippen LogP contribution >= 0.6 is 11.6 Å². The molecule has 1 aromatic heterocycles. The van der Waals surface area contributed by atoms with E-state index in [1.165, 1.54) is 6.07 Å². The number of likely N-dealkylation sites (N-methyl/N-ethyl adjacent to an activating group) is 1. The Morgan fingerprint density at radius 1 is 1.00 bits per heavy atom. The van der Waals surface area contributed by atoms with Gasteiger partial charge in [-0.25, -0.2) is 4.39 Å². The van der Waals surface area contributed by atoms with Gasteiger partial charge in [0.1, 0.15) is 5.82 Å². The summed E-state index contributed by atoms with van der Waals surface area (Å²) in [6.07, 6.45) is 4.36. The lowest BCUT2D eigenvalue weighted by molar-refractivity contribution is 0.290. The van der Waals surface area contributed by atoms with E-state index in [1.54, 1.807) is 12.1 Å². The van der Waals surface area contributed by atoms with Crippen LogP contribution < -0.4 is 0 Å². The van der Waals surface area contributed by atoms with E-state index in [1.807, 2.05) is 24.3 Å². The lowest BCUT2D eigenvalue weighted by Crippen LogP contribution is -2.26. The molecule has 2 heterocycles. The molecule has 5 heteroatoms. The second kappa shape index (κ2) is 8.52. The third kappa shape index (κ3) is 4.00. The Kier molecular flexibility index (Phi) is 5.84. The highest BCUT2D eigenvalue weighted by atomic mass is 35.5. The monoisotopic (exact) mass is 409 g/mol. The van der Waals surface area contributed by atoms with Crippen LogP contribution in [0, 0.1) is 5.82 Å². The summed E-state index contributed by atoms with van der Waals surface area (Å²) in [5.74, 6) is -0.270. The van der Waals surface area contributed by atoms with Gasteiger partial charge in [-0.1, -0.05) is 43.6 Å². The first-order valence-electron chi connectivity index (χ1n) is 10.1. The van der Waals surface area contributed by atoms with Gasteiger partial charge in [-0.05, 0) is 48.5 Å². The van der Waals surface area contributed by atoms with Crippen molar-refractivity contribution < 1.29 is 4.39 Å². The zero-order valence-corrected chi connectivity index (χ0v) is 17.6. The van der Waals surface area contributed by atoms with Gasteiger partial charge in [-0.2, -0.15) is 0 Å². The molecule has 0 bridgehead atoms. The Bertz CT molecular complexity index is 1050. The van der Waals surface area contributed by atoms with Crippen molar-refractivity contribution in [3.63, 3.8) is 0 Å². The molecule has 4 rings (SSSR count). The van der Waals surface area contributed by atoms with Crippen LogP contribution in [0.4, 0.5) is 4.39 Å². The summed E-state index contributed by atoms with van der Waals surface area (Å²) in [6.45, 7) is 8.94. The van der Waals surface area contributed by atoms with E-state index in [9.17, 15) is 4.39 Å². The first-order valence-corrected chi connectivity index (χ1v) is 10.5. The van der Waals surface area contributed by atoms with Gasteiger partial charge >= 0.3 is 0 Å². The number of aliphatic imine (C=N–C) groups is 1. The highest BCUT2D eigenvalue weighted by Crippen LogP contribution is 2.35. The minimum Gasteiger partial charge on any atom is -0.352 e. The van der Waals surface area contributed by atoms with Gasteiger partial charge in [0.25, 0.3) is 0 Å². The molecule has 0 saturated heterocycles. The fourth-order valence-electron chi connectivity index (χ4n) is 3.93. The van der Waals surface area contributed by atoms with Gasteiger partial charge in [0.2, 0.25) is 0 Å². The van der Waals surface area contributed by atoms with E-state index in [0.29, 0.717) is 22.8 Å². The van der Waals surface area contributed by atoms with Gasteiger partial charge < -0.3 is 9.47 Å². The topological polar surface area (TPSA) is 20.5 Å². The molecule has 0 aliphatic carbocycles. The number of rotatable bonds is 6. The predicted octanol–water partition coefficient (Wildman–Crippen LogP) is 5.64. The molecule has 150 valence electrons. The van der Waals surface area contributed by atoms with Crippen LogP contribution in [0.25, 0.3) is 11.1 Å². The van der Waals surface area contributed by atoms with Crippen molar-refractivity contribution in [1.82, 2.24) is 9.47 Å². The molecule has 0 saturated carbocycles. The Labute approximate surface area is 176 Å². The average Bonchev–Trinajstić information content (AvgIpc) is 3.07. The van der Waals surface area contributed by atoms with Crippen molar-refractivity contribution in [2.75, 3.05) is 19.6 Å². The summed E-state index contributed by atoms with van der Waals surface area (Å²) >= 11 is 6.31. The summed E-state index contributed by atoms with van der Waals surface area (Å²) < 4.78 is 16.8. The van der Waals surface area contributed by atoms with E-state index >= 15 is 0 Å². The van der Waals surface area contributed by atoms with E-state index in [0.717, 1.165) is 48.4 Å². The van der Waals surface area contributed by atoms with Crippen molar-refractivity contribution >= 4 is 17.3 Å². The summed E-state index contributed by atoms with van der Waals surface area (Å²) in [4.78, 5) is 7.22. The Balaban J connectivity index is 1.75. The normalized spacial score (nSPS) is 13.1. The molecule has 29 heavy (non-hydrogen) atoms. The number of halogens is 2. The number of nitrogens with zero attached hydrogens (tertiary/aromatic N) is 3. The molecule has 0 radical (unpaired) electrons. The minimum absolute atomic E-state index is 0.270. The highest BCUT2D eigenvalue weighted by Gasteiger charge is 2.22. The molecular weight excluding hydrogens is 385 g/mol. The molecule has 0 fully saturated rings.